The molecule has 0 heterocycles. The second kappa shape index (κ2) is 13.2. The Hall–Kier alpha value is -2.73. The van der Waals surface area contributed by atoms with Crippen molar-refractivity contribution in [2.45, 2.75) is 39.2 Å². The van der Waals surface area contributed by atoms with Gasteiger partial charge < -0.3 is 15.2 Å². The van der Waals surface area contributed by atoms with Gasteiger partial charge in [0.1, 0.15) is 12.6 Å². The number of carbonyl (C=O) groups excluding carboxylic acids is 1. The van der Waals surface area contributed by atoms with Crippen LogP contribution in [-0.4, -0.2) is 39.8 Å². The van der Waals surface area contributed by atoms with Crippen molar-refractivity contribution < 1.29 is 22.7 Å². The Morgan fingerprint density at radius 3 is 2.50 bits per heavy atom. The summed E-state index contributed by atoms with van der Waals surface area (Å²) in [5.41, 5.74) is 7.30. The van der Waals surface area contributed by atoms with Crippen molar-refractivity contribution >= 4 is 27.5 Å². The molecule has 2 rings (SSSR count). The van der Waals surface area contributed by atoms with Crippen LogP contribution in [0.4, 0.5) is 0 Å². The molecule has 2 aromatic rings. The molecule has 0 saturated heterocycles. The second-order valence-electron chi connectivity index (χ2n) is 7.85. The third kappa shape index (κ3) is 8.90. The van der Waals surface area contributed by atoms with Gasteiger partial charge in [-0.3, -0.25) is 4.79 Å². The van der Waals surface area contributed by atoms with Gasteiger partial charge in [0.2, 0.25) is 15.9 Å². The van der Waals surface area contributed by atoms with E-state index in [9.17, 15) is 13.2 Å². The fourth-order valence-electron chi connectivity index (χ4n) is 3.30. The Labute approximate surface area is 207 Å². The average Bonchev–Trinajstić information content (AvgIpc) is 2.81. The van der Waals surface area contributed by atoms with E-state index in [1.807, 2.05) is 37.3 Å². The molecule has 0 aliphatic heterocycles. The second-order valence-corrected chi connectivity index (χ2v) is 10.3. The molecule has 34 heavy (non-hydrogen) atoms. The number of halogens is 1. The molecule has 0 aliphatic rings. The first kappa shape index (κ1) is 27.5. The number of benzene rings is 2. The third-order valence-electron chi connectivity index (χ3n) is 5.29. The number of methoxy groups -OCH3 is 1. The lowest BCUT2D eigenvalue weighted by molar-refractivity contribution is -0.120. The van der Waals surface area contributed by atoms with Crippen LogP contribution in [0.15, 0.2) is 42.5 Å². The topological polar surface area (TPSA) is 108 Å². The summed E-state index contributed by atoms with van der Waals surface area (Å²) in [5.74, 6) is 6.16. The van der Waals surface area contributed by atoms with E-state index >= 15 is 0 Å². The molecule has 0 bridgehead atoms. The highest BCUT2D eigenvalue weighted by atomic mass is 35.5. The fraction of sp³-hybridized carbons (Fsp3) is 0.400. The number of aryl methyl sites for hydroxylation is 1. The molecule has 0 radical (unpaired) electrons. The summed E-state index contributed by atoms with van der Waals surface area (Å²) in [6, 6.07) is 12.0. The lowest BCUT2D eigenvalue weighted by atomic mass is 9.94. The number of hydrogen-bond donors (Lipinski definition) is 2. The minimum Gasteiger partial charge on any atom is -0.493 e. The molecule has 0 spiro atoms. The molecule has 7 nitrogen and oxygen atoms in total. The van der Waals surface area contributed by atoms with E-state index in [2.05, 4.69) is 16.6 Å². The minimum absolute atomic E-state index is 0.107. The molecule has 184 valence electrons. The summed E-state index contributed by atoms with van der Waals surface area (Å²) in [5, 5.41) is 0.662. The van der Waals surface area contributed by atoms with Gasteiger partial charge in [0.25, 0.3) is 0 Å². The molecule has 2 aromatic carbocycles. The van der Waals surface area contributed by atoms with Gasteiger partial charge in [0.05, 0.1) is 12.9 Å². The molecule has 0 aromatic heterocycles. The maximum absolute atomic E-state index is 11.8. The lowest BCUT2D eigenvalue weighted by Gasteiger charge is -2.22. The van der Waals surface area contributed by atoms with Crippen molar-refractivity contribution in [3.8, 4) is 23.3 Å². The molecule has 2 unspecified atom stereocenters. The molecule has 2 atom stereocenters. The summed E-state index contributed by atoms with van der Waals surface area (Å²) < 4.78 is 37.3. The van der Waals surface area contributed by atoms with Crippen molar-refractivity contribution in [2.75, 3.05) is 19.5 Å². The zero-order valence-electron chi connectivity index (χ0n) is 19.6. The first-order valence-electron chi connectivity index (χ1n) is 11.0. The van der Waals surface area contributed by atoms with Crippen molar-refractivity contribution in [1.82, 2.24) is 4.72 Å². The third-order valence-corrected chi connectivity index (χ3v) is 6.92. The van der Waals surface area contributed by atoms with E-state index in [0.717, 1.165) is 24.0 Å². The largest absolute Gasteiger partial charge is 0.493 e. The molecule has 0 aliphatic carbocycles. The van der Waals surface area contributed by atoms with Crippen LogP contribution in [-0.2, 0) is 21.2 Å². The fourth-order valence-corrected chi connectivity index (χ4v) is 4.33. The zero-order chi connectivity index (χ0) is 25.1. The molecular weight excluding hydrogens is 476 g/mol. The van der Waals surface area contributed by atoms with E-state index in [4.69, 9.17) is 26.8 Å². The molecule has 0 fully saturated rings. The van der Waals surface area contributed by atoms with Crippen LogP contribution in [0.5, 0.6) is 11.5 Å². The monoisotopic (exact) mass is 506 g/mol. The standard InChI is InChI=1S/C25H31ClN2O5S/c1-4-34(30,31)28-24(25(27)29)18(2)7-5-8-20-12-15-22(23(17-20)32-3)33-16-6-9-19-10-13-21(26)14-11-19/h10-15,17-18,24,28H,4-5,7-8,16H2,1-3H3,(H2,27,29). The summed E-state index contributed by atoms with van der Waals surface area (Å²) in [6.45, 7) is 3.53. The van der Waals surface area contributed by atoms with Crippen LogP contribution in [0.1, 0.15) is 37.8 Å². The van der Waals surface area contributed by atoms with Gasteiger partial charge in [-0.05, 0) is 74.1 Å². The van der Waals surface area contributed by atoms with Crippen molar-refractivity contribution in [3.63, 3.8) is 0 Å². The first-order valence-corrected chi connectivity index (χ1v) is 13.0. The van der Waals surface area contributed by atoms with E-state index in [1.54, 1.807) is 19.2 Å². The summed E-state index contributed by atoms with van der Waals surface area (Å²) >= 11 is 5.87. The van der Waals surface area contributed by atoms with Gasteiger partial charge in [0, 0.05) is 10.6 Å². The van der Waals surface area contributed by atoms with Crippen molar-refractivity contribution in [2.24, 2.45) is 11.7 Å². The minimum atomic E-state index is -3.52. The number of ether oxygens (including phenoxy) is 2. The van der Waals surface area contributed by atoms with E-state index in [1.165, 1.54) is 6.92 Å². The van der Waals surface area contributed by atoms with E-state index in [-0.39, 0.29) is 18.3 Å². The maximum Gasteiger partial charge on any atom is 0.235 e. The Bertz CT molecular complexity index is 1120. The Morgan fingerprint density at radius 2 is 1.88 bits per heavy atom. The molecule has 1 amide bonds. The van der Waals surface area contributed by atoms with Crippen LogP contribution in [0, 0.1) is 17.8 Å². The highest BCUT2D eigenvalue weighted by Crippen LogP contribution is 2.29. The Balaban J connectivity index is 1.91. The lowest BCUT2D eigenvalue weighted by Crippen LogP contribution is -2.48. The van der Waals surface area contributed by atoms with Gasteiger partial charge in [-0.1, -0.05) is 36.4 Å². The number of sulfonamides is 1. The van der Waals surface area contributed by atoms with Crippen LogP contribution < -0.4 is 19.9 Å². The number of nitrogens with two attached hydrogens (primary N) is 1. The molecule has 9 heteroatoms. The highest BCUT2D eigenvalue weighted by molar-refractivity contribution is 7.89. The molecular formula is C25H31ClN2O5S. The van der Waals surface area contributed by atoms with Crippen LogP contribution in [0.2, 0.25) is 5.02 Å². The predicted molar refractivity (Wildman–Crippen MR) is 134 cm³/mol. The summed E-state index contributed by atoms with van der Waals surface area (Å²) in [6.07, 6.45) is 2.10. The predicted octanol–water partition coefficient (Wildman–Crippen LogP) is 3.53. The molecule has 0 saturated carbocycles. The number of carbonyl (C=O) groups is 1. The van der Waals surface area contributed by atoms with Crippen molar-refractivity contribution in [3.05, 3.63) is 58.6 Å². The number of nitrogens with one attached hydrogen (secondary N) is 1. The quantitative estimate of drug-likeness (QED) is 0.428. The number of amides is 1. The van der Waals surface area contributed by atoms with E-state index < -0.39 is 22.0 Å². The SMILES string of the molecule is CCS(=O)(=O)NC(C(N)=O)C(C)CCCc1ccc(OCC#Cc2ccc(Cl)cc2)c(OC)c1. The van der Waals surface area contributed by atoms with Gasteiger partial charge in [-0.15, -0.1) is 0 Å². The number of primary amides is 1. The van der Waals surface area contributed by atoms with Crippen LogP contribution in [0.3, 0.4) is 0 Å². The summed E-state index contributed by atoms with van der Waals surface area (Å²) in [4.78, 5) is 11.7. The number of rotatable bonds is 12. The Kier molecular flexibility index (Phi) is 10.7. The Morgan fingerprint density at radius 1 is 1.18 bits per heavy atom. The van der Waals surface area contributed by atoms with Crippen LogP contribution >= 0.6 is 11.6 Å². The highest BCUT2D eigenvalue weighted by Gasteiger charge is 2.26. The average molecular weight is 507 g/mol. The van der Waals surface area contributed by atoms with Gasteiger partial charge >= 0.3 is 0 Å². The van der Waals surface area contributed by atoms with Gasteiger partial charge in [-0.2, -0.15) is 0 Å². The van der Waals surface area contributed by atoms with E-state index in [0.29, 0.717) is 22.9 Å². The van der Waals surface area contributed by atoms with Crippen molar-refractivity contribution in [1.29, 1.82) is 0 Å². The van der Waals surface area contributed by atoms with Crippen LogP contribution in [0.25, 0.3) is 0 Å². The van der Waals surface area contributed by atoms with Gasteiger partial charge in [0.15, 0.2) is 11.5 Å². The molecule has 3 N–H and O–H groups in total. The zero-order valence-corrected chi connectivity index (χ0v) is 21.2. The smallest absolute Gasteiger partial charge is 0.235 e. The first-order chi connectivity index (χ1) is 16.1. The van der Waals surface area contributed by atoms with Gasteiger partial charge in [-0.25, -0.2) is 13.1 Å². The summed E-state index contributed by atoms with van der Waals surface area (Å²) in [7, 11) is -1.95. The normalized spacial score (nSPS) is 12.8. The number of hydrogen-bond acceptors (Lipinski definition) is 5. The maximum atomic E-state index is 11.8.